The Hall–Kier alpha value is -2.20. The van der Waals surface area contributed by atoms with Gasteiger partial charge in [0.25, 0.3) is 0 Å². The van der Waals surface area contributed by atoms with Crippen molar-refractivity contribution in [2.45, 2.75) is 25.4 Å². The normalized spacial score (nSPS) is 20.0. The van der Waals surface area contributed by atoms with Crippen molar-refractivity contribution in [3.05, 3.63) is 52.6 Å². The summed E-state index contributed by atoms with van der Waals surface area (Å²) in [6, 6.07) is 9.81. The van der Waals surface area contributed by atoms with Crippen LogP contribution in [0.1, 0.15) is 28.3 Å². The van der Waals surface area contributed by atoms with E-state index in [4.69, 9.17) is 4.74 Å². The molecule has 22 heavy (non-hydrogen) atoms. The summed E-state index contributed by atoms with van der Waals surface area (Å²) >= 11 is 0. The zero-order valence-corrected chi connectivity index (χ0v) is 12.5. The quantitative estimate of drug-likeness (QED) is 0.850. The molecule has 2 aromatic rings. The lowest BCUT2D eigenvalue weighted by molar-refractivity contribution is 0.158. The maximum atomic E-state index is 10.1. The van der Waals surface area contributed by atoms with E-state index in [1.807, 2.05) is 18.2 Å². The SMILES string of the molecule is COc1cc2c(cc1O)[C@@H]1Cc3cccc(O)c3CN1CC2. The zero-order chi connectivity index (χ0) is 15.3. The van der Waals surface area contributed by atoms with Gasteiger partial charge in [0.15, 0.2) is 11.5 Å². The van der Waals surface area contributed by atoms with Crippen molar-refractivity contribution in [1.82, 2.24) is 4.90 Å². The van der Waals surface area contributed by atoms with Gasteiger partial charge in [-0.05, 0) is 47.7 Å². The van der Waals surface area contributed by atoms with Gasteiger partial charge in [0.05, 0.1) is 7.11 Å². The molecule has 0 saturated heterocycles. The van der Waals surface area contributed by atoms with Gasteiger partial charge in [-0.25, -0.2) is 0 Å². The Morgan fingerprint density at radius 2 is 2.00 bits per heavy atom. The van der Waals surface area contributed by atoms with Gasteiger partial charge >= 0.3 is 0 Å². The van der Waals surface area contributed by atoms with E-state index in [9.17, 15) is 10.2 Å². The van der Waals surface area contributed by atoms with E-state index in [0.29, 0.717) is 11.5 Å². The summed E-state index contributed by atoms with van der Waals surface area (Å²) in [5.74, 6) is 1.13. The molecule has 2 heterocycles. The third-order valence-electron chi connectivity index (χ3n) is 4.93. The highest BCUT2D eigenvalue weighted by Crippen LogP contribution is 2.43. The second kappa shape index (κ2) is 4.92. The van der Waals surface area contributed by atoms with Gasteiger partial charge in [0.1, 0.15) is 5.75 Å². The second-order valence-corrected chi connectivity index (χ2v) is 6.08. The van der Waals surface area contributed by atoms with Crippen LogP contribution in [0.3, 0.4) is 0 Å². The number of aromatic hydroxyl groups is 2. The second-order valence-electron chi connectivity index (χ2n) is 6.08. The summed E-state index contributed by atoms with van der Waals surface area (Å²) in [7, 11) is 1.58. The van der Waals surface area contributed by atoms with E-state index in [0.717, 1.165) is 31.5 Å². The van der Waals surface area contributed by atoms with E-state index < -0.39 is 0 Å². The highest BCUT2D eigenvalue weighted by atomic mass is 16.5. The lowest BCUT2D eigenvalue weighted by Crippen LogP contribution is -2.39. The Balaban J connectivity index is 1.78. The number of nitrogens with zero attached hydrogens (tertiary/aromatic N) is 1. The van der Waals surface area contributed by atoms with Gasteiger partial charge < -0.3 is 14.9 Å². The van der Waals surface area contributed by atoms with Crippen LogP contribution in [0, 0.1) is 0 Å². The van der Waals surface area contributed by atoms with Crippen LogP contribution in [-0.4, -0.2) is 28.8 Å². The predicted molar refractivity (Wildman–Crippen MR) is 83.3 cm³/mol. The van der Waals surface area contributed by atoms with Crippen LogP contribution >= 0.6 is 0 Å². The minimum atomic E-state index is 0.199. The summed E-state index contributed by atoms with van der Waals surface area (Å²) in [6.45, 7) is 1.72. The number of hydrogen-bond donors (Lipinski definition) is 2. The first-order valence-electron chi connectivity index (χ1n) is 7.61. The zero-order valence-electron chi connectivity index (χ0n) is 12.5. The van der Waals surface area contributed by atoms with E-state index >= 15 is 0 Å². The molecule has 0 spiro atoms. The lowest BCUT2D eigenvalue weighted by atomic mass is 9.83. The molecule has 0 bridgehead atoms. The number of benzene rings is 2. The molecule has 0 fully saturated rings. The van der Waals surface area contributed by atoms with Crippen LogP contribution in [0.5, 0.6) is 17.2 Å². The molecule has 0 saturated carbocycles. The first-order valence-corrected chi connectivity index (χ1v) is 7.61. The fourth-order valence-corrected chi connectivity index (χ4v) is 3.77. The van der Waals surface area contributed by atoms with Crippen molar-refractivity contribution in [1.29, 1.82) is 0 Å². The minimum absolute atomic E-state index is 0.199. The molecule has 2 aliphatic rings. The summed E-state index contributed by atoms with van der Waals surface area (Å²) in [4.78, 5) is 2.39. The molecule has 0 aromatic heterocycles. The van der Waals surface area contributed by atoms with Crippen LogP contribution in [0.2, 0.25) is 0 Å². The van der Waals surface area contributed by atoms with Crippen LogP contribution in [0.4, 0.5) is 0 Å². The summed E-state index contributed by atoms with van der Waals surface area (Å²) in [5.41, 5.74) is 4.67. The topological polar surface area (TPSA) is 52.9 Å². The Morgan fingerprint density at radius 3 is 2.82 bits per heavy atom. The number of ether oxygens (including phenoxy) is 1. The van der Waals surface area contributed by atoms with Gasteiger partial charge in [0.2, 0.25) is 0 Å². The largest absolute Gasteiger partial charge is 0.508 e. The van der Waals surface area contributed by atoms with Gasteiger partial charge in [-0.15, -0.1) is 0 Å². The molecule has 0 radical (unpaired) electrons. The molecule has 0 amide bonds. The third-order valence-corrected chi connectivity index (χ3v) is 4.93. The standard InChI is InChI=1S/C18H19NO3/c1-22-18-8-12-5-6-19-10-14-11(3-2-4-16(14)20)7-15(19)13(12)9-17(18)21/h2-4,8-9,15,20-21H,5-7,10H2,1H3/t15-/m0/s1. The molecule has 0 aliphatic carbocycles. The Bertz CT molecular complexity index is 741. The Labute approximate surface area is 129 Å². The van der Waals surface area contributed by atoms with Crippen LogP contribution in [0.15, 0.2) is 30.3 Å². The minimum Gasteiger partial charge on any atom is -0.508 e. The third kappa shape index (κ3) is 1.95. The molecule has 4 rings (SSSR count). The fraction of sp³-hybridized carbons (Fsp3) is 0.333. The van der Waals surface area contributed by atoms with Crippen molar-refractivity contribution >= 4 is 0 Å². The first kappa shape index (κ1) is 13.5. The summed E-state index contributed by atoms with van der Waals surface area (Å²) < 4.78 is 5.22. The van der Waals surface area contributed by atoms with E-state index in [2.05, 4.69) is 11.0 Å². The maximum Gasteiger partial charge on any atom is 0.160 e. The fourth-order valence-electron chi connectivity index (χ4n) is 3.77. The van der Waals surface area contributed by atoms with Crippen molar-refractivity contribution in [2.24, 2.45) is 0 Å². The monoisotopic (exact) mass is 297 g/mol. The average Bonchev–Trinajstić information content (AvgIpc) is 2.53. The number of phenols is 2. The van der Waals surface area contributed by atoms with Gasteiger partial charge in [0, 0.05) is 24.7 Å². The van der Waals surface area contributed by atoms with E-state index in [1.165, 1.54) is 16.7 Å². The lowest BCUT2D eigenvalue weighted by Gasteiger charge is -2.41. The van der Waals surface area contributed by atoms with Gasteiger partial charge in [-0.2, -0.15) is 0 Å². The molecule has 4 nitrogen and oxygen atoms in total. The van der Waals surface area contributed by atoms with E-state index in [1.54, 1.807) is 13.2 Å². The van der Waals surface area contributed by atoms with Gasteiger partial charge in [-0.3, -0.25) is 4.90 Å². The number of fused-ring (bicyclic) bond motifs is 4. The Kier molecular flexibility index (Phi) is 3.01. The van der Waals surface area contributed by atoms with Crippen LogP contribution < -0.4 is 4.74 Å². The molecule has 1 atom stereocenters. The molecular weight excluding hydrogens is 278 g/mol. The molecule has 0 unspecified atom stereocenters. The van der Waals surface area contributed by atoms with Crippen molar-refractivity contribution in [3.8, 4) is 17.2 Å². The number of hydrogen-bond acceptors (Lipinski definition) is 4. The summed E-state index contributed by atoms with van der Waals surface area (Å²) in [6.07, 6.45) is 1.80. The highest BCUT2D eigenvalue weighted by molar-refractivity contribution is 5.50. The molecule has 2 aromatic carbocycles. The molecule has 4 heteroatoms. The number of phenolic OH excluding ortho intramolecular Hbond substituents is 2. The number of rotatable bonds is 1. The molecule has 114 valence electrons. The van der Waals surface area contributed by atoms with Crippen molar-refractivity contribution in [2.75, 3.05) is 13.7 Å². The molecular formula is C18H19NO3. The Morgan fingerprint density at radius 1 is 1.14 bits per heavy atom. The predicted octanol–water partition coefficient (Wildman–Crippen LogP) is 2.76. The average molecular weight is 297 g/mol. The maximum absolute atomic E-state index is 10.1. The first-order chi connectivity index (χ1) is 10.7. The van der Waals surface area contributed by atoms with Crippen LogP contribution in [-0.2, 0) is 19.4 Å². The van der Waals surface area contributed by atoms with Gasteiger partial charge in [-0.1, -0.05) is 12.1 Å². The van der Waals surface area contributed by atoms with Crippen molar-refractivity contribution in [3.63, 3.8) is 0 Å². The summed E-state index contributed by atoms with van der Waals surface area (Å²) in [5, 5.41) is 20.2. The molecule has 2 N–H and O–H groups in total. The van der Waals surface area contributed by atoms with Crippen LogP contribution in [0.25, 0.3) is 0 Å². The van der Waals surface area contributed by atoms with E-state index in [-0.39, 0.29) is 11.8 Å². The number of methoxy groups -OCH3 is 1. The van der Waals surface area contributed by atoms with Crippen molar-refractivity contribution < 1.29 is 14.9 Å². The molecule has 2 aliphatic heterocycles. The smallest absolute Gasteiger partial charge is 0.160 e. The highest BCUT2D eigenvalue weighted by Gasteiger charge is 2.33.